The minimum atomic E-state index is -0.526. The van der Waals surface area contributed by atoms with Crippen LogP contribution in [0.4, 0.5) is 0 Å². The fourth-order valence-corrected chi connectivity index (χ4v) is 1.52. The Kier molecular flexibility index (Phi) is 5.45. The third kappa shape index (κ3) is 3.59. The van der Waals surface area contributed by atoms with Crippen LogP contribution >= 0.6 is 0 Å². The van der Waals surface area contributed by atoms with Gasteiger partial charge in [-0.25, -0.2) is 4.98 Å². The lowest BCUT2D eigenvalue weighted by atomic mass is 10.2. The molecule has 1 atom stereocenters. The van der Waals surface area contributed by atoms with Crippen LogP contribution in [0.1, 0.15) is 31.7 Å². The van der Waals surface area contributed by atoms with Gasteiger partial charge in [-0.05, 0) is 13.8 Å². The summed E-state index contributed by atoms with van der Waals surface area (Å²) in [5.74, 6) is 0. The van der Waals surface area contributed by atoms with Crippen molar-refractivity contribution in [2.45, 2.75) is 26.0 Å². The van der Waals surface area contributed by atoms with Crippen molar-refractivity contribution in [3.8, 4) is 0 Å². The van der Waals surface area contributed by atoms with Gasteiger partial charge in [-0.1, -0.05) is 0 Å². The van der Waals surface area contributed by atoms with Gasteiger partial charge in [-0.3, -0.25) is 0 Å². The van der Waals surface area contributed by atoms with Gasteiger partial charge >= 0.3 is 0 Å². The molecule has 1 unspecified atom stereocenters. The van der Waals surface area contributed by atoms with E-state index in [9.17, 15) is 5.11 Å². The zero-order valence-electron chi connectivity index (χ0n) is 10.2. The normalized spacial score (nSPS) is 13.3. The first-order valence-electron chi connectivity index (χ1n) is 5.56. The molecule has 0 bridgehead atoms. The lowest BCUT2D eigenvalue weighted by Crippen LogP contribution is -2.26. The van der Waals surface area contributed by atoms with Gasteiger partial charge in [-0.2, -0.15) is 0 Å². The van der Waals surface area contributed by atoms with Crippen molar-refractivity contribution < 1.29 is 9.84 Å². The number of aromatic nitrogens is 2. The molecule has 5 nitrogen and oxygen atoms in total. The summed E-state index contributed by atoms with van der Waals surface area (Å²) in [6, 6.07) is 0.311. The maximum Gasteiger partial charge on any atom is 0.108 e. The highest BCUT2D eigenvalue weighted by molar-refractivity contribution is 5.04. The van der Waals surface area contributed by atoms with Crippen molar-refractivity contribution in [3.05, 3.63) is 18.2 Å². The zero-order valence-corrected chi connectivity index (χ0v) is 10.2. The number of methoxy groups -OCH3 is 1. The molecule has 0 spiro atoms. The molecule has 1 aromatic heterocycles. The maximum atomic E-state index is 9.97. The lowest BCUT2D eigenvalue weighted by molar-refractivity contribution is 0.153. The molecule has 0 aliphatic rings. The molecule has 0 fully saturated rings. The Hall–Kier alpha value is -0.910. The van der Waals surface area contributed by atoms with Crippen molar-refractivity contribution in [2.24, 2.45) is 0 Å². The first kappa shape index (κ1) is 13.2. The van der Waals surface area contributed by atoms with Crippen LogP contribution in [-0.4, -0.2) is 41.5 Å². The van der Waals surface area contributed by atoms with E-state index >= 15 is 0 Å². The Morgan fingerprint density at radius 2 is 2.31 bits per heavy atom. The van der Waals surface area contributed by atoms with Crippen LogP contribution in [0.25, 0.3) is 0 Å². The highest BCUT2D eigenvalue weighted by atomic mass is 16.5. The summed E-state index contributed by atoms with van der Waals surface area (Å²) < 4.78 is 6.89. The second-order valence-corrected chi connectivity index (χ2v) is 4.03. The number of imidazole rings is 1. The summed E-state index contributed by atoms with van der Waals surface area (Å²) in [5.41, 5.74) is 0.847. The number of ether oxygens (including phenoxy) is 1. The van der Waals surface area contributed by atoms with Gasteiger partial charge in [0.2, 0.25) is 0 Å². The summed E-state index contributed by atoms with van der Waals surface area (Å²) in [7, 11) is 1.66. The molecule has 0 aliphatic carbocycles. The monoisotopic (exact) mass is 227 g/mol. The van der Waals surface area contributed by atoms with Crippen LogP contribution in [0.2, 0.25) is 0 Å². The summed E-state index contributed by atoms with van der Waals surface area (Å²) in [6.45, 7) is 6.04. The molecule has 1 rings (SSSR count). The van der Waals surface area contributed by atoms with E-state index < -0.39 is 6.10 Å². The molecule has 0 amide bonds. The Labute approximate surface area is 96.4 Å². The van der Waals surface area contributed by atoms with Crippen LogP contribution in [-0.2, 0) is 4.74 Å². The smallest absolute Gasteiger partial charge is 0.108 e. The molecule has 2 N–H and O–H groups in total. The SMILES string of the molecule is COCCNCC(O)c1cncn1C(C)C. The van der Waals surface area contributed by atoms with E-state index in [1.165, 1.54) is 0 Å². The third-order valence-corrected chi connectivity index (χ3v) is 2.41. The fourth-order valence-electron chi connectivity index (χ4n) is 1.52. The quantitative estimate of drug-likeness (QED) is 0.674. The minimum absolute atomic E-state index is 0.311. The van der Waals surface area contributed by atoms with Crippen LogP contribution in [0.3, 0.4) is 0 Å². The standard InChI is InChI=1S/C11H21N3O2/c1-9(2)14-8-13-6-10(14)11(15)7-12-4-5-16-3/h6,8-9,11-12,15H,4-5,7H2,1-3H3. The molecular formula is C11H21N3O2. The predicted octanol–water partition coefficient (Wildman–Crippen LogP) is 0.733. The lowest BCUT2D eigenvalue weighted by Gasteiger charge is -2.16. The summed E-state index contributed by atoms with van der Waals surface area (Å²) in [5, 5.41) is 13.1. The van der Waals surface area contributed by atoms with Crippen molar-refractivity contribution in [1.29, 1.82) is 0 Å². The molecule has 0 aromatic carbocycles. The fraction of sp³-hybridized carbons (Fsp3) is 0.727. The second kappa shape index (κ2) is 6.62. The number of aliphatic hydroxyl groups excluding tert-OH is 1. The summed E-state index contributed by atoms with van der Waals surface area (Å²) in [4.78, 5) is 4.06. The molecular weight excluding hydrogens is 206 g/mol. The molecule has 16 heavy (non-hydrogen) atoms. The van der Waals surface area contributed by atoms with E-state index in [2.05, 4.69) is 24.1 Å². The summed E-state index contributed by atoms with van der Waals surface area (Å²) in [6.07, 6.45) is 2.93. The van der Waals surface area contributed by atoms with Gasteiger partial charge < -0.3 is 19.7 Å². The van der Waals surface area contributed by atoms with Crippen molar-refractivity contribution >= 4 is 0 Å². The van der Waals surface area contributed by atoms with Gasteiger partial charge in [0, 0.05) is 26.2 Å². The van der Waals surface area contributed by atoms with E-state index in [1.54, 1.807) is 19.6 Å². The van der Waals surface area contributed by atoms with Crippen molar-refractivity contribution in [2.75, 3.05) is 26.8 Å². The summed E-state index contributed by atoms with van der Waals surface area (Å²) >= 11 is 0. The van der Waals surface area contributed by atoms with E-state index in [4.69, 9.17) is 4.74 Å². The van der Waals surface area contributed by atoms with Crippen LogP contribution in [0.5, 0.6) is 0 Å². The first-order chi connectivity index (χ1) is 7.66. The third-order valence-electron chi connectivity index (χ3n) is 2.41. The zero-order chi connectivity index (χ0) is 12.0. The number of aliphatic hydroxyl groups is 1. The van der Waals surface area contributed by atoms with E-state index in [1.807, 2.05) is 4.57 Å². The Morgan fingerprint density at radius 3 is 2.94 bits per heavy atom. The van der Waals surface area contributed by atoms with Crippen LogP contribution < -0.4 is 5.32 Å². The number of nitrogens with zero attached hydrogens (tertiary/aromatic N) is 2. The number of rotatable bonds is 7. The Bertz CT molecular complexity index is 299. The molecule has 1 aromatic rings. The first-order valence-corrected chi connectivity index (χ1v) is 5.56. The molecule has 0 saturated carbocycles. The molecule has 1 heterocycles. The molecule has 0 radical (unpaired) electrons. The highest BCUT2D eigenvalue weighted by Gasteiger charge is 2.13. The number of hydrogen-bond acceptors (Lipinski definition) is 4. The van der Waals surface area contributed by atoms with E-state index in [0.717, 1.165) is 12.2 Å². The van der Waals surface area contributed by atoms with Gasteiger partial charge in [0.15, 0.2) is 0 Å². The minimum Gasteiger partial charge on any atom is -0.385 e. The van der Waals surface area contributed by atoms with Crippen molar-refractivity contribution in [1.82, 2.24) is 14.9 Å². The van der Waals surface area contributed by atoms with Gasteiger partial charge in [-0.15, -0.1) is 0 Å². The van der Waals surface area contributed by atoms with Gasteiger partial charge in [0.25, 0.3) is 0 Å². The highest BCUT2D eigenvalue weighted by Crippen LogP contribution is 2.15. The van der Waals surface area contributed by atoms with Crippen molar-refractivity contribution in [3.63, 3.8) is 0 Å². The molecule has 5 heteroatoms. The molecule has 0 saturated heterocycles. The Balaban J connectivity index is 2.46. The largest absolute Gasteiger partial charge is 0.385 e. The van der Waals surface area contributed by atoms with Gasteiger partial charge in [0.1, 0.15) is 6.10 Å². The second-order valence-electron chi connectivity index (χ2n) is 4.03. The van der Waals surface area contributed by atoms with Crippen LogP contribution in [0.15, 0.2) is 12.5 Å². The average molecular weight is 227 g/mol. The van der Waals surface area contributed by atoms with E-state index in [-0.39, 0.29) is 0 Å². The van der Waals surface area contributed by atoms with Crippen LogP contribution in [0, 0.1) is 0 Å². The maximum absolute atomic E-state index is 9.97. The number of hydrogen-bond donors (Lipinski definition) is 2. The molecule has 92 valence electrons. The van der Waals surface area contributed by atoms with Gasteiger partial charge in [0.05, 0.1) is 24.8 Å². The Morgan fingerprint density at radius 1 is 1.56 bits per heavy atom. The average Bonchev–Trinajstić information content (AvgIpc) is 2.73. The van der Waals surface area contributed by atoms with E-state index in [0.29, 0.717) is 19.2 Å². The predicted molar refractivity (Wildman–Crippen MR) is 62.3 cm³/mol. The molecule has 0 aliphatic heterocycles. The number of nitrogens with one attached hydrogen (secondary N) is 1. The topological polar surface area (TPSA) is 59.3 Å².